The second-order valence-electron chi connectivity index (χ2n) is 3.66. The van der Waals surface area contributed by atoms with E-state index in [9.17, 15) is 0 Å². The van der Waals surface area contributed by atoms with Gasteiger partial charge in [-0.15, -0.1) is 0 Å². The van der Waals surface area contributed by atoms with E-state index >= 15 is 0 Å². The molecule has 1 aromatic heterocycles. The maximum absolute atomic E-state index is 5.97. The molecule has 15 heavy (non-hydrogen) atoms. The smallest absolute Gasteiger partial charge is 0.140 e. The van der Waals surface area contributed by atoms with E-state index in [1.54, 1.807) is 0 Å². The van der Waals surface area contributed by atoms with Gasteiger partial charge in [0.25, 0.3) is 0 Å². The summed E-state index contributed by atoms with van der Waals surface area (Å²) in [4.78, 5) is 4.37. The van der Waals surface area contributed by atoms with Crippen molar-refractivity contribution in [2.24, 2.45) is 5.73 Å². The minimum atomic E-state index is 0.523. The molecule has 0 aliphatic carbocycles. The second-order valence-corrected chi connectivity index (χ2v) is 4.10. The van der Waals surface area contributed by atoms with Gasteiger partial charge < -0.3 is 10.3 Å². The van der Waals surface area contributed by atoms with Crippen molar-refractivity contribution in [3.8, 4) is 11.4 Å². The van der Waals surface area contributed by atoms with E-state index in [0.29, 0.717) is 6.54 Å². The van der Waals surface area contributed by atoms with Crippen LogP contribution in [0.4, 0.5) is 0 Å². The van der Waals surface area contributed by atoms with Crippen molar-refractivity contribution in [1.29, 1.82) is 0 Å². The van der Waals surface area contributed by atoms with Crippen LogP contribution in [-0.2, 0) is 13.1 Å². The van der Waals surface area contributed by atoms with Crippen molar-refractivity contribution in [3.63, 3.8) is 0 Å². The Kier molecular flexibility index (Phi) is 1.84. The third-order valence-corrected chi connectivity index (χ3v) is 3.02. The van der Waals surface area contributed by atoms with Gasteiger partial charge in [-0.1, -0.05) is 17.7 Å². The second kappa shape index (κ2) is 3.08. The summed E-state index contributed by atoms with van der Waals surface area (Å²) in [7, 11) is 0. The van der Waals surface area contributed by atoms with Gasteiger partial charge >= 0.3 is 0 Å². The SMILES string of the molecule is NCc1cnc2n1Cc1ccc(Cl)cc1-2. The maximum atomic E-state index is 5.97. The first-order valence-corrected chi connectivity index (χ1v) is 5.20. The Morgan fingerprint density at radius 1 is 1.47 bits per heavy atom. The van der Waals surface area contributed by atoms with Crippen LogP contribution in [0.2, 0.25) is 5.02 Å². The maximum Gasteiger partial charge on any atom is 0.140 e. The van der Waals surface area contributed by atoms with Crippen molar-refractivity contribution in [3.05, 3.63) is 40.7 Å². The number of benzene rings is 1. The quantitative estimate of drug-likeness (QED) is 0.681. The summed E-state index contributed by atoms with van der Waals surface area (Å²) >= 11 is 5.97. The first-order chi connectivity index (χ1) is 7.29. The van der Waals surface area contributed by atoms with E-state index in [1.165, 1.54) is 5.56 Å². The first-order valence-electron chi connectivity index (χ1n) is 4.83. The lowest BCUT2D eigenvalue weighted by Crippen LogP contribution is -2.05. The van der Waals surface area contributed by atoms with Gasteiger partial charge in [0.05, 0.1) is 18.4 Å². The molecular formula is C11H10ClN3. The van der Waals surface area contributed by atoms with Crippen LogP contribution in [0.25, 0.3) is 11.4 Å². The fourth-order valence-electron chi connectivity index (χ4n) is 2.03. The number of fused-ring (bicyclic) bond motifs is 3. The predicted octanol–water partition coefficient (Wildman–Crippen LogP) is 2.02. The number of halogens is 1. The molecule has 0 unspecified atom stereocenters. The molecule has 0 bridgehead atoms. The molecule has 76 valence electrons. The van der Waals surface area contributed by atoms with Gasteiger partial charge in [-0.2, -0.15) is 0 Å². The van der Waals surface area contributed by atoms with E-state index in [2.05, 4.69) is 9.55 Å². The molecule has 2 aromatic rings. The number of rotatable bonds is 1. The van der Waals surface area contributed by atoms with Crippen LogP contribution in [0.5, 0.6) is 0 Å². The summed E-state index contributed by atoms with van der Waals surface area (Å²) in [5.74, 6) is 0.980. The third kappa shape index (κ3) is 1.20. The van der Waals surface area contributed by atoms with Crippen LogP contribution in [-0.4, -0.2) is 9.55 Å². The molecule has 3 nitrogen and oxygen atoms in total. The summed E-state index contributed by atoms with van der Waals surface area (Å²) in [5.41, 5.74) is 9.10. The summed E-state index contributed by atoms with van der Waals surface area (Å²) in [6.07, 6.45) is 1.83. The fourth-order valence-corrected chi connectivity index (χ4v) is 2.20. The highest BCUT2D eigenvalue weighted by Gasteiger charge is 2.21. The van der Waals surface area contributed by atoms with Gasteiger partial charge in [0.1, 0.15) is 5.82 Å². The number of hydrogen-bond donors (Lipinski definition) is 1. The monoisotopic (exact) mass is 219 g/mol. The van der Waals surface area contributed by atoms with E-state index in [4.69, 9.17) is 17.3 Å². The lowest BCUT2D eigenvalue weighted by atomic mass is 10.1. The number of aromatic nitrogens is 2. The van der Waals surface area contributed by atoms with E-state index in [0.717, 1.165) is 28.6 Å². The molecule has 2 N–H and O–H groups in total. The number of nitrogens with two attached hydrogens (primary N) is 1. The molecule has 1 aliphatic rings. The molecule has 0 saturated carbocycles. The lowest BCUT2D eigenvalue weighted by Gasteiger charge is -2.00. The van der Waals surface area contributed by atoms with Gasteiger partial charge in [-0.05, 0) is 17.7 Å². The van der Waals surface area contributed by atoms with E-state index in [-0.39, 0.29) is 0 Å². The molecule has 2 heterocycles. The number of nitrogens with zero attached hydrogens (tertiary/aromatic N) is 2. The zero-order chi connectivity index (χ0) is 10.4. The topological polar surface area (TPSA) is 43.8 Å². The number of imidazole rings is 1. The summed E-state index contributed by atoms with van der Waals surface area (Å²) in [6.45, 7) is 1.38. The predicted molar refractivity (Wildman–Crippen MR) is 59.7 cm³/mol. The molecule has 0 atom stereocenters. The summed E-state index contributed by atoms with van der Waals surface area (Å²) in [5, 5.41) is 0.750. The van der Waals surface area contributed by atoms with E-state index < -0.39 is 0 Å². The third-order valence-electron chi connectivity index (χ3n) is 2.79. The Morgan fingerprint density at radius 3 is 3.13 bits per heavy atom. The standard InChI is InChI=1S/C11H10ClN3/c12-8-2-1-7-6-15-9(4-13)5-14-11(15)10(7)3-8/h1-3,5H,4,6,13H2. The van der Waals surface area contributed by atoms with Crippen LogP contribution in [0.1, 0.15) is 11.3 Å². The molecule has 0 fully saturated rings. The van der Waals surface area contributed by atoms with Gasteiger partial charge in [0, 0.05) is 17.1 Å². The van der Waals surface area contributed by atoms with Crippen LogP contribution in [0, 0.1) is 0 Å². The minimum absolute atomic E-state index is 0.523. The Bertz CT molecular complexity index is 531. The van der Waals surface area contributed by atoms with Crippen LogP contribution < -0.4 is 5.73 Å². The summed E-state index contributed by atoms with van der Waals surface area (Å²) in [6, 6.07) is 5.92. The molecule has 0 spiro atoms. The average Bonchev–Trinajstić information content (AvgIpc) is 2.76. The minimum Gasteiger partial charge on any atom is -0.325 e. The normalized spacial score (nSPS) is 12.7. The van der Waals surface area contributed by atoms with Gasteiger partial charge in [-0.25, -0.2) is 4.98 Å². The van der Waals surface area contributed by atoms with Gasteiger partial charge in [0.2, 0.25) is 0 Å². The van der Waals surface area contributed by atoms with Crippen molar-refractivity contribution in [2.75, 3.05) is 0 Å². The molecule has 0 radical (unpaired) electrons. The highest BCUT2D eigenvalue weighted by molar-refractivity contribution is 6.30. The Hall–Kier alpha value is -1.32. The van der Waals surface area contributed by atoms with E-state index in [1.807, 2.05) is 24.4 Å². The molecule has 3 rings (SSSR count). The van der Waals surface area contributed by atoms with Crippen molar-refractivity contribution in [2.45, 2.75) is 13.1 Å². The molecule has 0 amide bonds. The lowest BCUT2D eigenvalue weighted by molar-refractivity contribution is 0.776. The highest BCUT2D eigenvalue weighted by atomic mass is 35.5. The average molecular weight is 220 g/mol. The molecule has 4 heteroatoms. The Labute approximate surface area is 92.5 Å². The number of hydrogen-bond acceptors (Lipinski definition) is 2. The first kappa shape index (κ1) is 8.95. The largest absolute Gasteiger partial charge is 0.325 e. The Balaban J connectivity index is 2.22. The van der Waals surface area contributed by atoms with Gasteiger partial charge in [-0.3, -0.25) is 0 Å². The molecule has 0 saturated heterocycles. The molecule has 1 aliphatic heterocycles. The van der Waals surface area contributed by atoms with Crippen molar-refractivity contribution < 1.29 is 0 Å². The zero-order valence-corrected chi connectivity index (χ0v) is 8.83. The molecule has 1 aromatic carbocycles. The van der Waals surface area contributed by atoms with Gasteiger partial charge in [0.15, 0.2) is 0 Å². The van der Waals surface area contributed by atoms with Crippen molar-refractivity contribution >= 4 is 11.6 Å². The summed E-state index contributed by atoms with van der Waals surface area (Å²) < 4.78 is 2.14. The van der Waals surface area contributed by atoms with Crippen LogP contribution in [0.15, 0.2) is 24.4 Å². The highest BCUT2D eigenvalue weighted by Crippen LogP contribution is 2.33. The molecular weight excluding hydrogens is 210 g/mol. The zero-order valence-electron chi connectivity index (χ0n) is 8.07. The fraction of sp³-hybridized carbons (Fsp3) is 0.182. The van der Waals surface area contributed by atoms with Crippen LogP contribution >= 0.6 is 11.6 Å². The van der Waals surface area contributed by atoms with Crippen molar-refractivity contribution in [1.82, 2.24) is 9.55 Å². The van der Waals surface area contributed by atoms with Crippen LogP contribution in [0.3, 0.4) is 0 Å². The Morgan fingerprint density at radius 2 is 2.33 bits per heavy atom.